The SMILES string of the molecule is COCC(C)OC1CC2C=C(C=CCCC(=O)O)CC2C1CO[Si](C)(C)C(C)(C)C. The van der Waals surface area contributed by atoms with Gasteiger partial charge in [-0.2, -0.15) is 0 Å². The fraction of sp³-hybridized carbons (Fsp3) is 0.792. The van der Waals surface area contributed by atoms with Crippen LogP contribution in [0.15, 0.2) is 23.8 Å². The largest absolute Gasteiger partial charge is 0.481 e. The van der Waals surface area contributed by atoms with Crippen molar-refractivity contribution < 1.29 is 23.8 Å². The molecule has 5 unspecified atom stereocenters. The molecule has 2 aliphatic rings. The quantitative estimate of drug-likeness (QED) is 0.436. The lowest BCUT2D eigenvalue weighted by Gasteiger charge is -2.38. The second-order valence-corrected chi connectivity index (χ2v) is 15.3. The van der Waals surface area contributed by atoms with Gasteiger partial charge in [0.15, 0.2) is 8.32 Å². The van der Waals surface area contributed by atoms with Gasteiger partial charge in [0.25, 0.3) is 0 Å². The second kappa shape index (κ2) is 10.6. The van der Waals surface area contributed by atoms with E-state index in [1.54, 1.807) is 7.11 Å². The summed E-state index contributed by atoms with van der Waals surface area (Å²) in [7, 11) is -0.106. The number of carboxylic acids is 1. The number of allylic oxidation sites excluding steroid dienone is 4. The smallest absolute Gasteiger partial charge is 0.303 e. The lowest BCUT2D eigenvalue weighted by atomic mass is 9.90. The molecule has 0 radical (unpaired) electrons. The van der Waals surface area contributed by atoms with Gasteiger partial charge >= 0.3 is 5.97 Å². The van der Waals surface area contributed by atoms with Crippen LogP contribution in [0.3, 0.4) is 0 Å². The van der Waals surface area contributed by atoms with Crippen molar-refractivity contribution in [3.63, 3.8) is 0 Å². The van der Waals surface area contributed by atoms with E-state index in [9.17, 15) is 4.79 Å². The Morgan fingerprint density at radius 1 is 1.37 bits per heavy atom. The first-order valence-corrected chi connectivity index (χ1v) is 14.2. The first-order valence-electron chi connectivity index (χ1n) is 11.3. The van der Waals surface area contributed by atoms with Crippen molar-refractivity contribution in [2.24, 2.45) is 17.8 Å². The molecule has 0 heterocycles. The van der Waals surface area contributed by atoms with Gasteiger partial charge in [0, 0.05) is 26.1 Å². The van der Waals surface area contributed by atoms with Crippen LogP contribution in [0.25, 0.3) is 0 Å². The Morgan fingerprint density at radius 2 is 2.07 bits per heavy atom. The predicted molar refractivity (Wildman–Crippen MR) is 123 cm³/mol. The summed E-state index contributed by atoms with van der Waals surface area (Å²) in [5.74, 6) is 0.681. The van der Waals surface area contributed by atoms with E-state index in [2.05, 4.69) is 52.9 Å². The first kappa shape index (κ1) is 25.3. The predicted octanol–water partition coefficient (Wildman–Crippen LogP) is 5.43. The average molecular weight is 439 g/mol. The molecule has 0 aromatic rings. The Balaban J connectivity index is 2.06. The van der Waals surface area contributed by atoms with Gasteiger partial charge in [0.2, 0.25) is 0 Å². The summed E-state index contributed by atoms with van der Waals surface area (Å²) in [6, 6.07) is 0. The molecule has 0 aromatic heterocycles. The van der Waals surface area contributed by atoms with Gasteiger partial charge in [-0.3, -0.25) is 4.79 Å². The van der Waals surface area contributed by atoms with E-state index in [4.69, 9.17) is 19.0 Å². The zero-order valence-electron chi connectivity index (χ0n) is 19.9. The van der Waals surface area contributed by atoms with Crippen molar-refractivity contribution in [3.8, 4) is 0 Å². The first-order chi connectivity index (χ1) is 13.9. The molecule has 0 aromatic carbocycles. The van der Waals surface area contributed by atoms with Gasteiger partial charge in [-0.1, -0.05) is 44.6 Å². The van der Waals surface area contributed by atoms with E-state index in [0.29, 0.717) is 30.8 Å². The monoisotopic (exact) mass is 438 g/mol. The van der Waals surface area contributed by atoms with Gasteiger partial charge < -0.3 is 19.0 Å². The lowest BCUT2D eigenvalue weighted by Crippen LogP contribution is -2.43. The van der Waals surface area contributed by atoms with E-state index < -0.39 is 14.3 Å². The molecule has 5 nitrogen and oxygen atoms in total. The third-order valence-electron chi connectivity index (χ3n) is 7.09. The number of hydrogen-bond donors (Lipinski definition) is 1. The maximum absolute atomic E-state index is 10.7. The maximum atomic E-state index is 10.7. The van der Waals surface area contributed by atoms with Crippen LogP contribution in [-0.2, 0) is 18.7 Å². The van der Waals surface area contributed by atoms with Crippen LogP contribution >= 0.6 is 0 Å². The normalized spacial score (nSPS) is 28.0. The number of carbonyl (C=O) groups is 1. The molecular formula is C24H42O5Si. The third kappa shape index (κ3) is 6.77. The van der Waals surface area contributed by atoms with Crippen LogP contribution in [0.5, 0.6) is 0 Å². The summed E-state index contributed by atoms with van der Waals surface area (Å²) in [5.41, 5.74) is 1.33. The number of carboxylic acid groups (broad SMARTS) is 1. The Morgan fingerprint density at radius 3 is 2.67 bits per heavy atom. The summed E-state index contributed by atoms with van der Waals surface area (Å²) in [5, 5.41) is 9.00. The molecule has 1 N–H and O–H groups in total. The van der Waals surface area contributed by atoms with E-state index in [-0.39, 0.29) is 23.7 Å². The van der Waals surface area contributed by atoms with E-state index in [1.807, 2.05) is 6.08 Å². The van der Waals surface area contributed by atoms with Crippen molar-refractivity contribution in [2.45, 2.75) is 83.7 Å². The summed E-state index contributed by atoms with van der Waals surface area (Å²) in [6.45, 7) is 14.9. The van der Waals surface area contributed by atoms with Crippen molar-refractivity contribution in [3.05, 3.63) is 23.8 Å². The highest BCUT2D eigenvalue weighted by Crippen LogP contribution is 2.49. The Hall–Kier alpha value is -0.953. The van der Waals surface area contributed by atoms with Crippen LogP contribution in [0, 0.1) is 17.8 Å². The summed E-state index contributed by atoms with van der Waals surface area (Å²) < 4.78 is 18.3. The highest BCUT2D eigenvalue weighted by atomic mass is 28.4. The van der Waals surface area contributed by atoms with Gasteiger partial charge in [-0.15, -0.1) is 0 Å². The van der Waals surface area contributed by atoms with Crippen molar-refractivity contribution >= 4 is 14.3 Å². The molecule has 30 heavy (non-hydrogen) atoms. The highest BCUT2D eigenvalue weighted by Gasteiger charge is 2.47. The average Bonchev–Trinajstić information content (AvgIpc) is 3.13. The van der Waals surface area contributed by atoms with Crippen LogP contribution in [0.1, 0.15) is 53.4 Å². The molecule has 0 spiro atoms. The maximum Gasteiger partial charge on any atom is 0.303 e. The zero-order valence-corrected chi connectivity index (χ0v) is 20.9. The van der Waals surface area contributed by atoms with Crippen LogP contribution in [0.2, 0.25) is 18.1 Å². The second-order valence-electron chi connectivity index (χ2n) is 10.5. The number of hydrogen-bond acceptors (Lipinski definition) is 4. The Kier molecular flexibility index (Phi) is 8.92. The van der Waals surface area contributed by atoms with E-state index >= 15 is 0 Å². The molecule has 1 fully saturated rings. The van der Waals surface area contributed by atoms with Crippen molar-refractivity contribution in [1.82, 2.24) is 0 Å². The molecule has 5 atom stereocenters. The molecule has 1 saturated carbocycles. The summed E-state index contributed by atoms with van der Waals surface area (Å²) in [4.78, 5) is 10.7. The van der Waals surface area contributed by atoms with Crippen LogP contribution in [-0.4, -0.2) is 51.9 Å². The lowest BCUT2D eigenvalue weighted by molar-refractivity contribution is -0.136. The minimum atomic E-state index is -1.82. The molecule has 0 aliphatic heterocycles. The van der Waals surface area contributed by atoms with Crippen molar-refractivity contribution in [2.75, 3.05) is 20.3 Å². The molecule has 0 amide bonds. The summed E-state index contributed by atoms with van der Waals surface area (Å²) in [6.07, 6.45) is 9.60. The number of ether oxygens (including phenoxy) is 2. The minimum Gasteiger partial charge on any atom is -0.481 e. The minimum absolute atomic E-state index is 0.0774. The van der Waals surface area contributed by atoms with Crippen LogP contribution < -0.4 is 0 Å². The number of aliphatic carboxylic acids is 1. The topological polar surface area (TPSA) is 65.0 Å². The highest BCUT2D eigenvalue weighted by molar-refractivity contribution is 6.74. The fourth-order valence-electron chi connectivity index (χ4n) is 4.37. The zero-order chi connectivity index (χ0) is 22.5. The Labute approximate surface area is 184 Å². The summed E-state index contributed by atoms with van der Waals surface area (Å²) >= 11 is 0. The van der Waals surface area contributed by atoms with E-state index in [1.165, 1.54) is 5.57 Å². The van der Waals surface area contributed by atoms with E-state index in [0.717, 1.165) is 19.4 Å². The molecule has 2 rings (SSSR count). The van der Waals surface area contributed by atoms with Gasteiger partial charge in [0.1, 0.15) is 0 Å². The molecule has 172 valence electrons. The number of fused-ring (bicyclic) bond motifs is 1. The molecule has 6 heteroatoms. The van der Waals surface area contributed by atoms with Gasteiger partial charge in [0.05, 0.1) is 18.8 Å². The standard InChI is InChI=1S/C24H42O5Si/c1-17(15-27-5)29-22-14-19-12-18(10-8-9-11-23(25)26)13-20(19)21(22)16-28-30(6,7)24(2,3)4/h8,10,12,17,19-22H,9,11,13-16H2,1-7H3,(H,25,26). The number of methoxy groups -OCH3 is 1. The molecule has 0 bridgehead atoms. The van der Waals surface area contributed by atoms with Crippen molar-refractivity contribution in [1.29, 1.82) is 0 Å². The van der Waals surface area contributed by atoms with Crippen LogP contribution in [0.4, 0.5) is 0 Å². The van der Waals surface area contributed by atoms with Gasteiger partial charge in [-0.05, 0) is 56.2 Å². The Bertz CT molecular complexity index is 634. The fourth-order valence-corrected chi connectivity index (χ4v) is 5.41. The molecule has 0 saturated heterocycles. The number of rotatable bonds is 11. The molecular weight excluding hydrogens is 396 g/mol. The van der Waals surface area contributed by atoms with Gasteiger partial charge in [-0.25, -0.2) is 0 Å². The third-order valence-corrected chi connectivity index (χ3v) is 11.6. The molecule has 2 aliphatic carbocycles.